The summed E-state index contributed by atoms with van der Waals surface area (Å²) >= 11 is 0. The van der Waals surface area contributed by atoms with E-state index in [4.69, 9.17) is 5.11 Å². The zero-order valence-electron chi connectivity index (χ0n) is 9.59. The molecular formula is C11H11FN4O2. The molecule has 0 atom stereocenters. The Kier molecular flexibility index (Phi) is 3.22. The number of nitrogens with one attached hydrogen (secondary N) is 1. The maximum atomic E-state index is 13.7. The summed E-state index contributed by atoms with van der Waals surface area (Å²) in [6.45, 7) is 0.309. The molecule has 0 aliphatic rings. The van der Waals surface area contributed by atoms with Crippen LogP contribution >= 0.6 is 0 Å². The maximum absolute atomic E-state index is 13.7. The molecule has 0 saturated heterocycles. The first-order chi connectivity index (χ1) is 8.59. The average Bonchev–Trinajstić information content (AvgIpc) is 2.73. The summed E-state index contributed by atoms with van der Waals surface area (Å²) in [6, 6.07) is 2.89. The molecule has 0 aliphatic carbocycles. The maximum Gasteiger partial charge on any atom is 0.338 e. The van der Waals surface area contributed by atoms with E-state index in [9.17, 15) is 9.18 Å². The van der Waals surface area contributed by atoms with Crippen molar-refractivity contribution in [2.45, 2.75) is 6.54 Å². The van der Waals surface area contributed by atoms with E-state index in [0.29, 0.717) is 6.54 Å². The van der Waals surface area contributed by atoms with E-state index in [1.54, 1.807) is 24.0 Å². The first-order valence-corrected chi connectivity index (χ1v) is 5.18. The molecular weight excluding hydrogens is 239 g/mol. The van der Waals surface area contributed by atoms with Crippen LogP contribution in [0.4, 0.5) is 10.2 Å². The normalized spacial score (nSPS) is 10.3. The lowest BCUT2D eigenvalue weighted by molar-refractivity contribution is 0.0692. The highest BCUT2D eigenvalue weighted by Crippen LogP contribution is 2.15. The highest BCUT2D eigenvalue weighted by molar-refractivity contribution is 5.88. The molecule has 2 rings (SSSR count). The largest absolute Gasteiger partial charge is 0.478 e. The van der Waals surface area contributed by atoms with E-state index in [1.165, 1.54) is 6.20 Å². The Balaban J connectivity index is 2.17. The fourth-order valence-corrected chi connectivity index (χ4v) is 1.48. The lowest BCUT2D eigenvalue weighted by Gasteiger charge is -2.08. The minimum Gasteiger partial charge on any atom is -0.478 e. The second kappa shape index (κ2) is 4.82. The number of hydrogen-bond acceptors (Lipinski definition) is 4. The molecule has 0 unspecified atom stereocenters. The van der Waals surface area contributed by atoms with Gasteiger partial charge in [-0.2, -0.15) is 5.10 Å². The number of anilines is 1. The number of pyridine rings is 1. The fraction of sp³-hybridized carbons (Fsp3) is 0.182. The van der Waals surface area contributed by atoms with Crippen molar-refractivity contribution in [3.63, 3.8) is 0 Å². The zero-order valence-corrected chi connectivity index (χ0v) is 9.59. The third-order valence-electron chi connectivity index (χ3n) is 2.48. The van der Waals surface area contributed by atoms with Crippen LogP contribution in [0.1, 0.15) is 16.1 Å². The third kappa shape index (κ3) is 2.29. The van der Waals surface area contributed by atoms with Gasteiger partial charge in [0.25, 0.3) is 0 Å². The van der Waals surface area contributed by atoms with E-state index in [1.807, 2.05) is 0 Å². The van der Waals surface area contributed by atoms with Gasteiger partial charge in [-0.05, 0) is 12.1 Å². The van der Waals surface area contributed by atoms with E-state index in [-0.39, 0.29) is 5.82 Å². The molecule has 0 saturated carbocycles. The van der Waals surface area contributed by atoms with Gasteiger partial charge in [-0.1, -0.05) is 0 Å². The topological polar surface area (TPSA) is 80.0 Å². The van der Waals surface area contributed by atoms with Gasteiger partial charge in [0.2, 0.25) is 0 Å². The van der Waals surface area contributed by atoms with Gasteiger partial charge in [-0.3, -0.25) is 4.68 Å². The Morgan fingerprint density at radius 2 is 2.28 bits per heavy atom. The number of halogens is 1. The minimum absolute atomic E-state index is 0.0869. The Bertz CT molecular complexity index is 582. The molecule has 2 aromatic heterocycles. The molecule has 0 spiro atoms. The van der Waals surface area contributed by atoms with Crippen molar-refractivity contribution in [2.24, 2.45) is 7.05 Å². The summed E-state index contributed by atoms with van der Waals surface area (Å²) in [6.07, 6.45) is 2.87. The number of aromatic nitrogens is 3. The van der Waals surface area contributed by atoms with E-state index in [2.05, 4.69) is 15.4 Å². The first kappa shape index (κ1) is 12.0. The summed E-state index contributed by atoms with van der Waals surface area (Å²) < 4.78 is 15.4. The van der Waals surface area contributed by atoms with Crippen LogP contribution in [0.2, 0.25) is 0 Å². The lowest BCUT2D eigenvalue weighted by Crippen LogP contribution is -2.10. The van der Waals surface area contributed by atoms with Gasteiger partial charge in [0, 0.05) is 19.4 Å². The van der Waals surface area contributed by atoms with Gasteiger partial charge >= 0.3 is 5.97 Å². The first-order valence-electron chi connectivity index (χ1n) is 5.18. The Labute approximate surface area is 102 Å². The van der Waals surface area contributed by atoms with E-state index in [0.717, 1.165) is 11.8 Å². The van der Waals surface area contributed by atoms with Gasteiger partial charge in [0.15, 0.2) is 11.6 Å². The van der Waals surface area contributed by atoms with Crippen LogP contribution in [0.3, 0.4) is 0 Å². The average molecular weight is 250 g/mol. The number of nitrogens with zero attached hydrogens (tertiary/aromatic N) is 3. The third-order valence-corrected chi connectivity index (χ3v) is 2.48. The molecule has 2 heterocycles. The molecule has 2 aromatic rings. The van der Waals surface area contributed by atoms with Gasteiger partial charge < -0.3 is 10.4 Å². The minimum atomic E-state index is -1.32. The van der Waals surface area contributed by atoms with Crippen molar-refractivity contribution in [1.29, 1.82) is 0 Å². The molecule has 7 heteroatoms. The quantitative estimate of drug-likeness (QED) is 0.854. The standard InChI is InChI=1S/C11H11FN4O2/c1-16-7(2-5-15-16)6-14-10-9(12)8(11(17)18)3-4-13-10/h2-5H,6H2,1H3,(H,13,14)(H,17,18). The van der Waals surface area contributed by atoms with Crippen molar-refractivity contribution in [3.8, 4) is 0 Å². The molecule has 0 amide bonds. The van der Waals surface area contributed by atoms with Crippen molar-refractivity contribution in [1.82, 2.24) is 14.8 Å². The van der Waals surface area contributed by atoms with E-state index < -0.39 is 17.3 Å². The second-order valence-electron chi connectivity index (χ2n) is 3.63. The van der Waals surface area contributed by atoms with Crippen molar-refractivity contribution in [2.75, 3.05) is 5.32 Å². The summed E-state index contributed by atoms with van der Waals surface area (Å²) in [5, 5.41) is 15.5. The number of carboxylic acid groups (broad SMARTS) is 1. The second-order valence-corrected chi connectivity index (χ2v) is 3.63. The monoisotopic (exact) mass is 250 g/mol. The van der Waals surface area contributed by atoms with Crippen molar-refractivity contribution in [3.05, 3.63) is 41.6 Å². The van der Waals surface area contributed by atoms with Gasteiger partial charge in [0.05, 0.1) is 12.2 Å². The molecule has 94 valence electrons. The van der Waals surface area contributed by atoms with Crippen LogP contribution in [-0.4, -0.2) is 25.8 Å². The van der Waals surface area contributed by atoms with Crippen LogP contribution in [0.15, 0.2) is 24.5 Å². The predicted octanol–water partition coefficient (Wildman–Crippen LogP) is 1.26. The predicted molar refractivity (Wildman–Crippen MR) is 61.7 cm³/mol. The van der Waals surface area contributed by atoms with Gasteiger partial charge in [0.1, 0.15) is 5.56 Å². The number of aromatic carboxylic acids is 1. The highest BCUT2D eigenvalue weighted by Gasteiger charge is 2.14. The Morgan fingerprint density at radius 3 is 2.89 bits per heavy atom. The Hall–Kier alpha value is -2.44. The number of rotatable bonds is 4. The molecule has 2 N–H and O–H groups in total. The SMILES string of the molecule is Cn1nccc1CNc1nccc(C(=O)O)c1F. The van der Waals surface area contributed by atoms with Crippen LogP contribution in [0.25, 0.3) is 0 Å². The van der Waals surface area contributed by atoms with Crippen molar-refractivity contribution < 1.29 is 14.3 Å². The number of aryl methyl sites for hydroxylation is 1. The number of hydrogen-bond donors (Lipinski definition) is 2. The molecule has 0 aliphatic heterocycles. The Morgan fingerprint density at radius 1 is 1.50 bits per heavy atom. The summed E-state index contributed by atoms with van der Waals surface area (Å²) in [5.41, 5.74) is 0.425. The summed E-state index contributed by atoms with van der Waals surface area (Å²) in [4.78, 5) is 14.5. The lowest BCUT2D eigenvalue weighted by atomic mass is 10.2. The van der Waals surface area contributed by atoms with Gasteiger partial charge in [-0.15, -0.1) is 0 Å². The van der Waals surface area contributed by atoms with E-state index >= 15 is 0 Å². The highest BCUT2D eigenvalue weighted by atomic mass is 19.1. The zero-order chi connectivity index (χ0) is 13.1. The molecule has 18 heavy (non-hydrogen) atoms. The van der Waals surface area contributed by atoms with Gasteiger partial charge in [-0.25, -0.2) is 14.2 Å². The summed E-state index contributed by atoms with van der Waals surface area (Å²) in [5.74, 6) is -2.28. The summed E-state index contributed by atoms with van der Waals surface area (Å²) in [7, 11) is 1.76. The van der Waals surface area contributed by atoms with Crippen LogP contribution in [-0.2, 0) is 13.6 Å². The smallest absolute Gasteiger partial charge is 0.338 e. The number of carboxylic acids is 1. The molecule has 0 aromatic carbocycles. The van der Waals surface area contributed by atoms with Crippen LogP contribution in [0.5, 0.6) is 0 Å². The fourth-order valence-electron chi connectivity index (χ4n) is 1.48. The molecule has 0 fully saturated rings. The van der Waals surface area contributed by atoms with Crippen LogP contribution < -0.4 is 5.32 Å². The van der Waals surface area contributed by atoms with Crippen molar-refractivity contribution >= 4 is 11.8 Å². The number of carbonyl (C=O) groups is 1. The molecule has 0 bridgehead atoms. The molecule has 6 nitrogen and oxygen atoms in total. The van der Waals surface area contributed by atoms with Crippen LogP contribution in [0, 0.1) is 5.82 Å². The molecule has 0 radical (unpaired) electrons.